The molecule has 2 N–H and O–H groups in total. The minimum atomic E-state index is -3.18. The molecule has 5 fully saturated rings. The predicted octanol–water partition coefficient (Wildman–Crippen LogP) is 4.80. The van der Waals surface area contributed by atoms with Gasteiger partial charge >= 0.3 is 6.09 Å². The monoisotopic (exact) mass is 695 g/mol. The molecular weight excluding hydrogens is 646 g/mol. The topological polar surface area (TPSA) is 116 Å². The van der Waals surface area contributed by atoms with Gasteiger partial charge in [0.1, 0.15) is 11.9 Å². The fraction of sp³-hybridized carbons (Fsp3) is 0.622. The molecule has 3 aliphatic heterocycles. The smallest absolute Gasteiger partial charge is 0.404 e. The maximum absolute atomic E-state index is 14.9. The third-order valence-electron chi connectivity index (χ3n) is 11.7. The average Bonchev–Trinajstić information content (AvgIpc) is 3.80. The summed E-state index contributed by atoms with van der Waals surface area (Å²) in [6, 6.07) is 14.0. The second-order valence-electron chi connectivity index (χ2n) is 15.0. The lowest BCUT2D eigenvalue weighted by molar-refractivity contribution is -0.173. The van der Waals surface area contributed by atoms with E-state index >= 15 is 0 Å². The molecule has 3 heterocycles. The van der Waals surface area contributed by atoms with Gasteiger partial charge in [0.05, 0.1) is 16.2 Å². The number of ether oxygens (including phenoxy) is 1. The van der Waals surface area contributed by atoms with E-state index in [9.17, 15) is 22.4 Å². The van der Waals surface area contributed by atoms with Gasteiger partial charge in [0, 0.05) is 63.1 Å². The van der Waals surface area contributed by atoms with Crippen molar-refractivity contribution in [3.63, 3.8) is 0 Å². The Balaban J connectivity index is 1.04. The second-order valence-corrected chi connectivity index (χ2v) is 17.2. The molecule has 2 amide bonds. The Bertz CT molecular complexity index is 1600. The summed E-state index contributed by atoms with van der Waals surface area (Å²) in [5.41, 5.74) is 7.49. The first-order valence-corrected chi connectivity index (χ1v) is 19.7. The number of benzene rings is 2. The van der Waals surface area contributed by atoms with E-state index in [-0.39, 0.29) is 46.9 Å². The van der Waals surface area contributed by atoms with Crippen molar-refractivity contribution in [2.24, 2.45) is 23.5 Å². The zero-order valence-corrected chi connectivity index (χ0v) is 29.3. The van der Waals surface area contributed by atoms with Crippen LogP contribution in [0.5, 0.6) is 0 Å². The number of amides is 2. The van der Waals surface area contributed by atoms with Crippen molar-refractivity contribution in [1.82, 2.24) is 14.9 Å². The van der Waals surface area contributed by atoms with Crippen LogP contribution in [0.25, 0.3) is 0 Å². The van der Waals surface area contributed by atoms with E-state index in [1.165, 1.54) is 6.07 Å². The van der Waals surface area contributed by atoms with Crippen LogP contribution in [-0.2, 0) is 19.4 Å². The van der Waals surface area contributed by atoms with Crippen LogP contribution in [0.4, 0.5) is 14.9 Å². The van der Waals surface area contributed by atoms with Crippen molar-refractivity contribution in [2.75, 3.05) is 50.7 Å². The van der Waals surface area contributed by atoms with Gasteiger partial charge in [-0.3, -0.25) is 9.80 Å². The largest absolute Gasteiger partial charge is 0.446 e. The lowest BCUT2D eigenvalue weighted by Gasteiger charge is -2.52. The number of carbonyl (C=O) groups excluding carboxylic acids is 2. The third-order valence-corrected chi connectivity index (χ3v) is 13.9. The molecule has 12 heteroatoms. The number of piperidine rings is 1. The number of carbonyl (C=O) groups is 2. The van der Waals surface area contributed by atoms with Gasteiger partial charge < -0.3 is 20.3 Å². The van der Waals surface area contributed by atoms with Crippen LogP contribution < -0.4 is 10.6 Å². The summed E-state index contributed by atoms with van der Waals surface area (Å²) in [5, 5.41) is 3.85. The summed E-state index contributed by atoms with van der Waals surface area (Å²) < 4.78 is 45.7. The number of hydrazine groups is 1. The van der Waals surface area contributed by atoms with Gasteiger partial charge in [0.2, 0.25) is 5.91 Å². The van der Waals surface area contributed by atoms with Crippen LogP contribution in [0.2, 0.25) is 0 Å². The Morgan fingerprint density at radius 2 is 1.67 bits per heavy atom. The van der Waals surface area contributed by atoms with Crippen LogP contribution in [-0.4, -0.2) is 98.5 Å². The number of hydrogen-bond donors (Lipinski definition) is 1. The first kappa shape index (κ1) is 34.2. The van der Waals surface area contributed by atoms with Crippen LogP contribution in [0.3, 0.4) is 0 Å². The van der Waals surface area contributed by atoms with Crippen molar-refractivity contribution in [3.05, 3.63) is 59.9 Å². The SMILES string of the molecule is CC(=O)N(C([C@H](c1cccc(F)c1)C1CCN(CC2CN(c3ccc(S(=O)(=O)C4CC4)cc3)C2)CC1)[C@H]1CCC[C@@H]1OC(N)=O)N1CCC1. The van der Waals surface area contributed by atoms with E-state index in [1.807, 2.05) is 23.2 Å². The molecule has 5 aliphatic rings. The maximum Gasteiger partial charge on any atom is 0.404 e. The summed E-state index contributed by atoms with van der Waals surface area (Å²) in [4.78, 5) is 30.7. The first-order valence-electron chi connectivity index (χ1n) is 18.2. The highest BCUT2D eigenvalue weighted by atomic mass is 32.2. The van der Waals surface area contributed by atoms with Gasteiger partial charge in [-0.25, -0.2) is 22.6 Å². The molecular formula is C37H50FN5O5S. The zero-order chi connectivity index (χ0) is 34.3. The molecule has 0 bridgehead atoms. The van der Waals surface area contributed by atoms with Gasteiger partial charge in [-0.2, -0.15) is 0 Å². The number of anilines is 1. The Kier molecular flexibility index (Phi) is 9.91. The van der Waals surface area contributed by atoms with Crippen LogP contribution >= 0.6 is 0 Å². The lowest BCUT2D eigenvalue weighted by Crippen LogP contribution is -2.62. The van der Waals surface area contributed by atoms with E-state index in [4.69, 9.17) is 10.5 Å². The molecule has 2 aliphatic carbocycles. The molecule has 7 rings (SSSR count). The summed E-state index contributed by atoms with van der Waals surface area (Å²) in [5.74, 6) is 0.179. The maximum atomic E-state index is 14.9. The van der Waals surface area contributed by atoms with Crippen molar-refractivity contribution in [1.29, 1.82) is 0 Å². The fourth-order valence-corrected chi connectivity index (χ4v) is 10.6. The summed E-state index contributed by atoms with van der Waals surface area (Å²) in [6.07, 6.45) is 5.59. The molecule has 2 aromatic rings. The molecule has 10 nitrogen and oxygen atoms in total. The average molecular weight is 696 g/mol. The van der Waals surface area contributed by atoms with Gasteiger partial charge in [0.25, 0.3) is 0 Å². The lowest BCUT2D eigenvalue weighted by atomic mass is 9.71. The highest BCUT2D eigenvalue weighted by Gasteiger charge is 2.49. The molecule has 4 atom stereocenters. The number of primary amides is 1. The number of rotatable bonds is 12. The van der Waals surface area contributed by atoms with Gasteiger partial charge in [-0.05, 0) is 112 Å². The molecule has 266 valence electrons. The second kappa shape index (κ2) is 14.2. The van der Waals surface area contributed by atoms with Gasteiger partial charge in [-0.1, -0.05) is 12.1 Å². The third kappa shape index (κ3) is 7.32. The first-order chi connectivity index (χ1) is 23.6. The standard InChI is InChI=1S/C37H50FN5O5S/c1-25(44)43(42-17-4-18-42)36(33-7-3-8-34(33)48-37(39)45)35(28-5-2-6-29(38)21-28)27-15-19-40(20-16-27)22-26-23-41(24-26)30-9-11-31(12-10-30)49(46,47)32-13-14-32/h2,5-6,9-12,21,26-27,32-36H,3-4,7-8,13-20,22-24H2,1H3,(H2,39,45)/t33-,34-,35-,36?/m0/s1. The molecule has 1 unspecified atom stereocenters. The Morgan fingerprint density at radius 3 is 2.27 bits per heavy atom. The zero-order valence-electron chi connectivity index (χ0n) is 28.5. The van der Waals surface area contributed by atoms with Crippen molar-refractivity contribution < 1.29 is 27.1 Å². The number of hydrogen-bond acceptors (Lipinski definition) is 8. The number of likely N-dealkylation sites (tertiary alicyclic amines) is 1. The molecule has 0 radical (unpaired) electrons. The Morgan fingerprint density at radius 1 is 0.959 bits per heavy atom. The molecule has 2 aromatic carbocycles. The Labute approximate surface area is 289 Å². The summed E-state index contributed by atoms with van der Waals surface area (Å²) in [7, 11) is -3.18. The molecule has 2 saturated carbocycles. The van der Waals surface area contributed by atoms with E-state index in [0.717, 1.165) is 102 Å². The van der Waals surface area contributed by atoms with Crippen LogP contribution in [0, 0.1) is 23.6 Å². The number of halogens is 1. The fourth-order valence-electron chi connectivity index (χ4n) is 8.99. The molecule has 0 spiro atoms. The number of nitrogens with two attached hydrogens (primary N) is 1. The van der Waals surface area contributed by atoms with E-state index in [0.29, 0.717) is 17.2 Å². The number of sulfone groups is 1. The van der Waals surface area contributed by atoms with Crippen LogP contribution in [0.15, 0.2) is 53.4 Å². The highest BCUT2D eigenvalue weighted by molar-refractivity contribution is 7.92. The normalized spacial score (nSPS) is 25.3. The van der Waals surface area contributed by atoms with E-state index < -0.39 is 15.9 Å². The van der Waals surface area contributed by atoms with E-state index in [1.54, 1.807) is 31.2 Å². The van der Waals surface area contributed by atoms with Crippen molar-refractivity contribution in [3.8, 4) is 0 Å². The number of nitrogens with zero attached hydrogens (tertiary/aromatic N) is 4. The molecule has 0 aromatic heterocycles. The van der Waals surface area contributed by atoms with Gasteiger partial charge in [-0.15, -0.1) is 0 Å². The quantitative estimate of drug-likeness (QED) is 0.337. The van der Waals surface area contributed by atoms with E-state index in [2.05, 4.69) is 14.8 Å². The highest BCUT2D eigenvalue weighted by Crippen LogP contribution is 2.46. The summed E-state index contributed by atoms with van der Waals surface area (Å²) in [6.45, 7) is 7.91. The minimum Gasteiger partial charge on any atom is -0.446 e. The van der Waals surface area contributed by atoms with Crippen LogP contribution in [0.1, 0.15) is 69.8 Å². The molecule has 49 heavy (non-hydrogen) atoms. The minimum absolute atomic E-state index is 0.0398. The molecule has 3 saturated heterocycles. The Hall–Kier alpha value is -3.22. The van der Waals surface area contributed by atoms with Crippen molar-refractivity contribution >= 4 is 27.5 Å². The predicted molar refractivity (Wildman–Crippen MR) is 185 cm³/mol. The van der Waals surface area contributed by atoms with Crippen molar-refractivity contribution in [2.45, 2.75) is 86.5 Å². The van der Waals surface area contributed by atoms with Gasteiger partial charge in [0.15, 0.2) is 9.84 Å². The summed E-state index contributed by atoms with van der Waals surface area (Å²) >= 11 is 0.